The molecule has 4 aromatic rings. The van der Waals surface area contributed by atoms with Crippen molar-refractivity contribution in [2.75, 3.05) is 18.1 Å². The number of carbonyl (C=O) groups excluding carboxylic acids is 2. The summed E-state index contributed by atoms with van der Waals surface area (Å²) < 4.78 is 10.8. The van der Waals surface area contributed by atoms with E-state index in [0.29, 0.717) is 28.3 Å². The summed E-state index contributed by atoms with van der Waals surface area (Å²) in [6, 6.07) is 20.2. The van der Waals surface area contributed by atoms with Crippen LogP contribution in [0.15, 0.2) is 71.9 Å². The van der Waals surface area contributed by atoms with Gasteiger partial charge in [-0.25, -0.2) is 9.78 Å². The molecule has 0 aliphatic rings. The normalized spacial score (nSPS) is 10.8. The Balaban J connectivity index is 1.48. The van der Waals surface area contributed by atoms with Gasteiger partial charge in [0.15, 0.2) is 5.16 Å². The second-order valence-electron chi connectivity index (χ2n) is 8.44. The summed E-state index contributed by atoms with van der Waals surface area (Å²) in [6.07, 6.45) is -0.546. The maximum absolute atomic E-state index is 13.2. The number of para-hydroxylation sites is 1. The maximum atomic E-state index is 13.2. The summed E-state index contributed by atoms with van der Waals surface area (Å²) >= 11 is 1.55. The number of H-pyrrole nitrogens is 1. The summed E-state index contributed by atoms with van der Waals surface area (Å²) in [5, 5.41) is 8.25. The molecular formula is C28H29N5O4S. The third-order valence-electron chi connectivity index (χ3n) is 5.81. The molecule has 1 amide bonds. The number of hydrogen-bond donors (Lipinski definition) is 3. The number of imidazole rings is 1. The first kappa shape index (κ1) is 26.7. The second kappa shape index (κ2) is 12.3. The van der Waals surface area contributed by atoms with Crippen molar-refractivity contribution in [1.29, 1.82) is 5.41 Å². The van der Waals surface area contributed by atoms with Crippen LogP contribution < -0.4 is 15.4 Å². The number of hydrogen-bond acceptors (Lipinski definition) is 7. The van der Waals surface area contributed by atoms with Crippen molar-refractivity contribution in [2.24, 2.45) is 5.73 Å². The SMILES string of the molecule is CCOC(=O)CCN(C(=O)Oc1ccc2[nH]c(SCc3ccc(C(=N)N)cc3)nc2c1C)c1ccccc1. The number of nitrogen functional groups attached to an aromatic ring is 1. The van der Waals surface area contributed by atoms with Gasteiger partial charge in [-0.05, 0) is 43.7 Å². The number of amides is 1. The van der Waals surface area contributed by atoms with Crippen LogP contribution in [0.25, 0.3) is 11.0 Å². The number of amidine groups is 1. The molecule has 0 saturated heterocycles. The zero-order valence-electron chi connectivity index (χ0n) is 21.2. The molecule has 0 fully saturated rings. The summed E-state index contributed by atoms with van der Waals surface area (Å²) in [4.78, 5) is 34.6. The first-order valence-corrected chi connectivity index (χ1v) is 13.1. The van der Waals surface area contributed by atoms with Gasteiger partial charge in [-0.1, -0.05) is 54.2 Å². The van der Waals surface area contributed by atoms with Crippen molar-refractivity contribution in [3.63, 3.8) is 0 Å². The van der Waals surface area contributed by atoms with E-state index >= 15 is 0 Å². The van der Waals surface area contributed by atoms with Crippen LogP contribution in [0.5, 0.6) is 5.75 Å². The molecule has 0 bridgehead atoms. The van der Waals surface area contributed by atoms with Crippen molar-refractivity contribution in [1.82, 2.24) is 9.97 Å². The number of nitrogens with one attached hydrogen (secondary N) is 2. The van der Waals surface area contributed by atoms with E-state index in [4.69, 9.17) is 25.6 Å². The Labute approximate surface area is 224 Å². The highest BCUT2D eigenvalue weighted by atomic mass is 32.2. The minimum atomic E-state index is -0.595. The molecule has 0 saturated carbocycles. The van der Waals surface area contributed by atoms with Crippen molar-refractivity contribution in [2.45, 2.75) is 31.2 Å². The molecule has 0 aliphatic carbocycles. The number of aromatic nitrogens is 2. The van der Waals surface area contributed by atoms with Crippen LogP contribution in [0.1, 0.15) is 30.0 Å². The smallest absolute Gasteiger partial charge is 0.419 e. The molecule has 196 valence electrons. The van der Waals surface area contributed by atoms with Crippen LogP contribution in [0.2, 0.25) is 0 Å². The number of aryl methyl sites for hydroxylation is 1. The molecule has 0 atom stereocenters. The lowest BCUT2D eigenvalue weighted by Crippen LogP contribution is -2.35. The average Bonchev–Trinajstić information content (AvgIpc) is 3.34. The van der Waals surface area contributed by atoms with Gasteiger partial charge in [-0.15, -0.1) is 0 Å². The van der Waals surface area contributed by atoms with E-state index in [0.717, 1.165) is 21.8 Å². The van der Waals surface area contributed by atoms with Crippen LogP contribution in [0.3, 0.4) is 0 Å². The maximum Gasteiger partial charge on any atom is 0.419 e. The molecule has 0 radical (unpaired) electrons. The second-order valence-corrected chi connectivity index (χ2v) is 9.40. The Bertz CT molecular complexity index is 1440. The van der Waals surface area contributed by atoms with E-state index in [1.807, 2.05) is 55.5 Å². The lowest BCUT2D eigenvalue weighted by Gasteiger charge is -2.22. The highest BCUT2D eigenvalue weighted by Gasteiger charge is 2.21. The van der Waals surface area contributed by atoms with E-state index in [-0.39, 0.29) is 31.4 Å². The van der Waals surface area contributed by atoms with E-state index in [1.165, 1.54) is 4.90 Å². The molecule has 3 aromatic carbocycles. The van der Waals surface area contributed by atoms with Crippen LogP contribution in [-0.4, -0.2) is 41.0 Å². The Morgan fingerprint density at radius 2 is 1.82 bits per heavy atom. The molecule has 38 heavy (non-hydrogen) atoms. The van der Waals surface area contributed by atoms with Crippen molar-refractivity contribution in [3.8, 4) is 5.75 Å². The molecule has 4 N–H and O–H groups in total. The monoisotopic (exact) mass is 531 g/mol. The quantitative estimate of drug-likeness (QED) is 0.108. The molecule has 10 heteroatoms. The van der Waals surface area contributed by atoms with E-state index in [9.17, 15) is 9.59 Å². The molecule has 0 unspecified atom stereocenters. The number of rotatable bonds is 10. The summed E-state index contributed by atoms with van der Waals surface area (Å²) in [5.41, 5.74) is 10.2. The number of nitrogens with zero attached hydrogens (tertiary/aromatic N) is 2. The lowest BCUT2D eigenvalue weighted by molar-refractivity contribution is -0.142. The van der Waals surface area contributed by atoms with Gasteiger partial charge in [0.2, 0.25) is 0 Å². The third-order valence-corrected chi connectivity index (χ3v) is 6.75. The molecular weight excluding hydrogens is 502 g/mol. The summed E-state index contributed by atoms with van der Waals surface area (Å²) in [5.74, 6) is 0.739. The van der Waals surface area contributed by atoms with Crippen molar-refractivity contribution < 1.29 is 19.1 Å². The van der Waals surface area contributed by atoms with Crippen LogP contribution in [0.4, 0.5) is 10.5 Å². The minimum Gasteiger partial charge on any atom is -0.466 e. The van der Waals surface area contributed by atoms with Gasteiger partial charge >= 0.3 is 12.1 Å². The minimum absolute atomic E-state index is 0.0411. The number of anilines is 1. The van der Waals surface area contributed by atoms with Gasteiger partial charge < -0.3 is 20.2 Å². The number of aromatic amines is 1. The lowest BCUT2D eigenvalue weighted by atomic mass is 10.1. The zero-order valence-corrected chi connectivity index (χ0v) is 22.0. The number of esters is 1. The number of benzene rings is 3. The molecule has 9 nitrogen and oxygen atoms in total. The highest BCUT2D eigenvalue weighted by Crippen LogP contribution is 2.30. The molecule has 1 aromatic heterocycles. The molecule has 0 aliphatic heterocycles. The third kappa shape index (κ3) is 6.51. The Kier molecular flexibility index (Phi) is 8.65. The molecule has 0 spiro atoms. The van der Waals surface area contributed by atoms with Gasteiger partial charge in [0.1, 0.15) is 11.6 Å². The standard InChI is InChI=1S/C28H29N5O4S/c1-3-36-24(34)15-16-33(21-7-5-4-6-8-21)28(35)37-23-14-13-22-25(18(23)2)32-27(31-22)38-17-19-9-11-20(12-10-19)26(29)30/h4-14H,3,15-17H2,1-2H3,(H3,29,30)(H,31,32). The number of fused-ring (bicyclic) bond motifs is 1. The Morgan fingerprint density at radius 1 is 1.08 bits per heavy atom. The summed E-state index contributed by atoms with van der Waals surface area (Å²) in [6.45, 7) is 4.00. The van der Waals surface area contributed by atoms with Crippen molar-refractivity contribution >= 4 is 46.4 Å². The van der Waals surface area contributed by atoms with E-state index in [1.54, 1.807) is 36.9 Å². The van der Waals surface area contributed by atoms with Gasteiger partial charge in [0.25, 0.3) is 0 Å². The van der Waals surface area contributed by atoms with Crippen molar-refractivity contribution in [3.05, 3.63) is 83.4 Å². The first-order valence-electron chi connectivity index (χ1n) is 12.1. The van der Waals surface area contributed by atoms with Crippen LogP contribution >= 0.6 is 11.8 Å². The fraction of sp³-hybridized carbons (Fsp3) is 0.214. The predicted molar refractivity (Wildman–Crippen MR) is 149 cm³/mol. The molecule has 1 heterocycles. The van der Waals surface area contributed by atoms with E-state index in [2.05, 4.69) is 4.98 Å². The topological polar surface area (TPSA) is 134 Å². The van der Waals surface area contributed by atoms with Gasteiger partial charge in [-0.3, -0.25) is 15.1 Å². The number of ether oxygens (including phenoxy) is 2. The van der Waals surface area contributed by atoms with Crippen LogP contribution in [0, 0.1) is 12.3 Å². The fourth-order valence-corrected chi connectivity index (χ4v) is 4.64. The predicted octanol–water partition coefficient (Wildman–Crippen LogP) is 5.41. The Morgan fingerprint density at radius 3 is 2.50 bits per heavy atom. The fourth-order valence-electron chi connectivity index (χ4n) is 3.80. The average molecular weight is 532 g/mol. The Hall–Kier alpha value is -4.31. The van der Waals surface area contributed by atoms with Crippen LogP contribution in [-0.2, 0) is 15.3 Å². The van der Waals surface area contributed by atoms with E-state index < -0.39 is 6.09 Å². The number of thioether (sulfide) groups is 1. The zero-order chi connectivity index (χ0) is 27.1. The van der Waals surface area contributed by atoms with Gasteiger partial charge in [0, 0.05) is 29.1 Å². The first-order chi connectivity index (χ1) is 18.4. The number of carbonyl (C=O) groups is 2. The number of nitrogens with two attached hydrogens (primary N) is 1. The van der Waals surface area contributed by atoms with Gasteiger partial charge in [0.05, 0.1) is 24.1 Å². The highest BCUT2D eigenvalue weighted by molar-refractivity contribution is 7.98. The van der Waals surface area contributed by atoms with Gasteiger partial charge in [-0.2, -0.15) is 0 Å². The molecule has 4 rings (SSSR count). The summed E-state index contributed by atoms with van der Waals surface area (Å²) in [7, 11) is 0. The largest absolute Gasteiger partial charge is 0.466 e.